The normalized spacial score (nSPS) is 12.1. The molecular weight excluding hydrogens is 300 g/mol. The van der Waals surface area contributed by atoms with Gasteiger partial charge in [-0.25, -0.2) is 4.79 Å². The third-order valence-corrected chi connectivity index (χ3v) is 3.68. The summed E-state index contributed by atoms with van der Waals surface area (Å²) in [7, 11) is 0. The van der Waals surface area contributed by atoms with Gasteiger partial charge in [-0.15, -0.1) is 0 Å². The van der Waals surface area contributed by atoms with Gasteiger partial charge in [0.05, 0.1) is 17.7 Å². The number of benzene rings is 1. The predicted octanol–water partition coefficient (Wildman–Crippen LogP) is 2.15. The lowest BCUT2D eigenvalue weighted by Crippen LogP contribution is -2.12. The van der Waals surface area contributed by atoms with Gasteiger partial charge in [-0.3, -0.25) is 4.79 Å². The molecule has 0 radical (unpaired) electrons. The van der Waals surface area contributed by atoms with E-state index >= 15 is 0 Å². The number of carbonyl (C=O) groups is 1. The molecule has 6 nitrogen and oxygen atoms in total. The van der Waals surface area contributed by atoms with E-state index in [2.05, 4.69) is 0 Å². The first-order valence-electron chi connectivity index (χ1n) is 7.20. The van der Waals surface area contributed by atoms with E-state index in [-0.39, 0.29) is 29.2 Å². The zero-order chi connectivity index (χ0) is 17.1. The van der Waals surface area contributed by atoms with Crippen LogP contribution in [0.2, 0.25) is 0 Å². The third-order valence-electron chi connectivity index (χ3n) is 3.68. The minimum absolute atomic E-state index is 0.0316. The van der Waals surface area contributed by atoms with Gasteiger partial charge < -0.3 is 19.7 Å². The molecule has 1 aromatic heterocycles. The van der Waals surface area contributed by atoms with Gasteiger partial charge in [-0.2, -0.15) is 0 Å². The van der Waals surface area contributed by atoms with Gasteiger partial charge >= 0.3 is 5.63 Å². The summed E-state index contributed by atoms with van der Waals surface area (Å²) >= 11 is 0. The highest BCUT2D eigenvalue weighted by molar-refractivity contribution is 5.87. The summed E-state index contributed by atoms with van der Waals surface area (Å²) in [6, 6.07) is 3.57. The third kappa shape index (κ3) is 3.43. The average molecular weight is 318 g/mol. The van der Waals surface area contributed by atoms with Crippen LogP contribution in [0.25, 0.3) is 11.3 Å². The lowest BCUT2D eigenvalue weighted by molar-refractivity contribution is 0.111. The van der Waals surface area contributed by atoms with Crippen molar-refractivity contribution in [3.8, 4) is 22.8 Å². The summed E-state index contributed by atoms with van der Waals surface area (Å²) in [5.74, 6) is -0.394. The van der Waals surface area contributed by atoms with Gasteiger partial charge in [-0.1, -0.05) is 6.92 Å². The van der Waals surface area contributed by atoms with Crippen LogP contribution in [0.5, 0.6) is 11.5 Å². The summed E-state index contributed by atoms with van der Waals surface area (Å²) in [6.07, 6.45) is 0.333. The Hall–Kier alpha value is -2.60. The Morgan fingerprint density at radius 3 is 2.52 bits per heavy atom. The van der Waals surface area contributed by atoms with Crippen molar-refractivity contribution in [3.05, 3.63) is 45.3 Å². The predicted molar refractivity (Wildman–Crippen MR) is 83.9 cm³/mol. The maximum atomic E-state index is 11.5. The number of aromatic hydroxyl groups is 2. The van der Waals surface area contributed by atoms with E-state index in [4.69, 9.17) is 4.42 Å². The van der Waals surface area contributed by atoms with Gasteiger partial charge in [0, 0.05) is 11.6 Å². The van der Waals surface area contributed by atoms with Crippen LogP contribution in [0.15, 0.2) is 27.4 Å². The lowest BCUT2D eigenvalue weighted by atomic mass is 9.90. The molecule has 0 aliphatic rings. The minimum atomic E-state index is -0.734. The summed E-state index contributed by atoms with van der Waals surface area (Å²) in [4.78, 5) is 22.9. The van der Waals surface area contributed by atoms with Crippen molar-refractivity contribution < 1.29 is 24.5 Å². The van der Waals surface area contributed by atoms with Crippen LogP contribution in [0.1, 0.15) is 34.8 Å². The highest BCUT2D eigenvalue weighted by Gasteiger charge is 2.21. The van der Waals surface area contributed by atoms with Crippen LogP contribution < -0.4 is 5.63 Å². The standard InChI is InChI=1S/C17H18O6/c1-3-10(19)5-12-13(8-18)14(21)4-9(2)17(12)15-6-11(20)7-16(22)23-15/h4,6-8,10,19-21H,3,5H2,1-2H3. The second-order valence-corrected chi connectivity index (χ2v) is 5.36. The van der Waals surface area contributed by atoms with Gasteiger partial charge in [-0.05, 0) is 37.0 Å². The average Bonchev–Trinajstić information content (AvgIpc) is 2.46. The van der Waals surface area contributed by atoms with Crippen LogP contribution >= 0.6 is 0 Å². The fraction of sp³-hybridized carbons (Fsp3) is 0.294. The van der Waals surface area contributed by atoms with Crippen molar-refractivity contribution in [1.29, 1.82) is 0 Å². The number of aliphatic hydroxyl groups is 1. The maximum absolute atomic E-state index is 11.5. The van der Waals surface area contributed by atoms with Gasteiger partial charge in [0.2, 0.25) is 0 Å². The Balaban J connectivity index is 2.79. The second kappa shape index (κ2) is 6.66. The molecule has 0 fully saturated rings. The zero-order valence-electron chi connectivity index (χ0n) is 12.9. The molecule has 0 saturated heterocycles. The molecule has 0 aliphatic carbocycles. The Kier molecular flexibility index (Phi) is 4.86. The number of phenolic OH excluding ortho intramolecular Hbond substituents is 1. The number of phenols is 1. The number of aryl methyl sites for hydroxylation is 1. The summed E-state index contributed by atoms with van der Waals surface area (Å²) in [5, 5.41) is 29.6. The van der Waals surface area contributed by atoms with Crippen LogP contribution in [0.4, 0.5) is 0 Å². The number of aldehydes is 1. The van der Waals surface area contributed by atoms with Crippen LogP contribution in [-0.2, 0) is 6.42 Å². The van der Waals surface area contributed by atoms with Crippen LogP contribution in [0.3, 0.4) is 0 Å². The molecule has 0 amide bonds. The fourth-order valence-electron chi connectivity index (χ4n) is 2.54. The zero-order valence-corrected chi connectivity index (χ0v) is 12.9. The summed E-state index contributed by atoms with van der Waals surface area (Å²) in [6.45, 7) is 3.46. The number of hydrogen-bond donors (Lipinski definition) is 3. The van der Waals surface area contributed by atoms with Crippen molar-refractivity contribution in [3.63, 3.8) is 0 Å². The Bertz CT molecular complexity index is 790. The Morgan fingerprint density at radius 1 is 1.26 bits per heavy atom. The Morgan fingerprint density at radius 2 is 1.96 bits per heavy atom. The molecule has 2 rings (SSSR count). The molecule has 23 heavy (non-hydrogen) atoms. The topological polar surface area (TPSA) is 108 Å². The number of carbonyl (C=O) groups excluding carboxylic acids is 1. The molecule has 0 bridgehead atoms. The SMILES string of the molecule is CCC(O)Cc1c(C=O)c(O)cc(C)c1-c1cc(O)cc(=O)o1. The maximum Gasteiger partial charge on any atom is 0.339 e. The van der Waals surface area contributed by atoms with E-state index in [1.54, 1.807) is 13.8 Å². The highest BCUT2D eigenvalue weighted by Crippen LogP contribution is 2.35. The summed E-state index contributed by atoms with van der Waals surface area (Å²) in [5.41, 5.74) is 0.636. The smallest absolute Gasteiger partial charge is 0.339 e. The van der Waals surface area contributed by atoms with E-state index in [1.807, 2.05) is 0 Å². The van der Waals surface area contributed by atoms with E-state index in [9.17, 15) is 24.9 Å². The van der Waals surface area contributed by atoms with Crippen molar-refractivity contribution in [2.24, 2.45) is 0 Å². The second-order valence-electron chi connectivity index (χ2n) is 5.36. The minimum Gasteiger partial charge on any atom is -0.508 e. The molecule has 0 aliphatic heterocycles. The van der Waals surface area contributed by atoms with Crippen molar-refractivity contribution in [1.82, 2.24) is 0 Å². The monoisotopic (exact) mass is 318 g/mol. The molecular formula is C17H18O6. The fourth-order valence-corrected chi connectivity index (χ4v) is 2.54. The Labute approximate surface area is 132 Å². The van der Waals surface area contributed by atoms with Crippen molar-refractivity contribution >= 4 is 6.29 Å². The van der Waals surface area contributed by atoms with Crippen LogP contribution in [-0.4, -0.2) is 27.7 Å². The first-order valence-corrected chi connectivity index (χ1v) is 7.20. The molecule has 1 atom stereocenters. The lowest BCUT2D eigenvalue weighted by Gasteiger charge is -2.17. The first kappa shape index (κ1) is 16.8. The first-order chi connectivity index (χ1) is 10.9. The summed E-state index contributed by atoms with van der Waals surface area (Å²) < 4.78 is 5.13. The molecule has 0 saturated carbocycles. The van der Waals surface area contributed by atoms with Gasteiger partial charge in [0.25, 0.3) is 0 Å². The van der Waals surface area contributed by atoms with E-state index in [1.165, 1.54) is 12.1 Å². The van der Waals surface area contributed by atoms with E-state index < -0.39 is 11.7 Å². The molecule has 3 N–H and O–H groups in total. The van der Waals surface area contributed by atoms with Gasteiger partial charge in [0.15, 0.2) is 6.29 Å². The molecule has 1 heterocycles. The molecule has 122 valence electrons. The highest BCUT2D eigenvalue weighted by atomic mass is 16.4. The largest absolute Gasteiger partial charge is 0.508 e. The molecule has 6 heteroatoms. The molecule has 0 spiro atoms. The van der Waals surface area contributed by atoms with Gasteiger partial charge in [0.1, 0.15) is 17.3 Å². The number of aliphatic hydroxyl groups excluding tert-OH is 1. The number of hydrogen-bond acceptors (Lipinski definition) is 6. The molecule has 2 aromatic rings. The van der Waals surface area contributed by atoms with Crippen LogP contribution in [0, 0.1) is 6.92 Å². The quantitative estimate of drug-likeness (QED) is 0.729. The van der Waals surface area contributed by atoms with E-state index in [0.29, 0.717) is 29.4 Å². The number of rotatable bonds is 5. The molecule has 1 aromatic carbocycles. The molecule has 1 unspecified atom stereocenters. The van der Waals surface area contributed by atoms with Crippen molar-refractivity contribution in [2.45, 2.75) is 32.8 Å². The van der Waals surface area contributed by atoms with Crippen molar-refractivity contribution in [2.75, 3.05) is 0 Å². The van der Waals surface area contributed by atoms with E-state index in [0.717, 1.165) is 6.07 Å².